The number of amides is 1. The number of hydrogen-bond acceptors (Lipinski definition) is 4. The molecular formula is C17H16F3NO4. The molecule has 0 saturated carbocycles. The topological polar surface area (TPSA) is 56.8 Å². The van der Waals surface area contributed by atoms with Gasteiger partial charge in [0.1, 0.15) is 17.2 Å². The molecule has 0 saturated heterocycles. The quantitative estimate of drug-likeness (QED) is 0.857. The van der Waals surface area contributed by atoms with Gasteiger partial charge in [-0.05, 0) is 18.2 Å². The number of anilines is 1. The number of carbonyl (C=O) groups excluding carboxylic acids is 1. The molecule has 0 bridgehead atoms. The summed E-state index contributed by atoms with van der Waals surface area (Å²) in [5.74, 6) is 0.238. The number of methoxy groups -OCH3 is 2. The smallest absolute Gasteiger partial charge is 0.497 e. The van der Waals surface area contributed by atoms with Gasteiger partial charge in [-0.25, -0.2) is 0 Å². The van der Waals surface area contributed by atoms with E-state index in [1.807, 2.05) is 0 Å². The van der Waals surface area contributed by atoms with Gasteiger partial charge in [0.15, 0.2) is 0 Å². The Morgan fingerprint density at radius 1 is 1.04 bits per heavy atom. The lowest BCUT2D eigenvalue weighted by atomic mass is 10.1. The Hall–Kier alpha value is -2.90. The fourth-order valence-electron chi connectivity index (χ4n) is 2.15. The van der Waals surface area contributed by atoms with Gasteiger partial charge in [-0.1, -0.05) is 12.1 Å². The first-order chi connectivity index (χ1) is 11.8. The highest BCUT2D eigenvalue weighted by Crippen LogP contribution is 2.27. The van der Waals surface area contributed by atoms with E-state index in [2.05, 4.69) is 10.1 Å². The summed E-state index contributed by atoms with van der Waals surface area (Å²) in [5, 5.41) is 2.52. The molecule has 0 heterocycles. The Kier molecular flexibility index (Phi) is 5.74. The van der Waals surface area contributed by atoms with Crippen LogP contribution in [0, 0.1) is 0 Å². The molecule has 134 valence electrons. The van der Waals surface area contributed by atoms with Crippen LogP contribution in [-0.2, 0) is 11.2 Å². The molecule has 25 heavy (non-hydrogen) atoms. The van der Waals surface area contributed by atoms with Gasteiger partial charge in [-0.3, -0.25) is 4.79 Å². The summed E-state index contributed by atoms with van der Waals surface area (Å²) in [6, 6.07) is 10.1. The second-order valence-electron chi connectivity index (χ2n) is 4.98. The third-order valence-electron chi connectivity index (χ3n) is 3.20. The van der Waals surface area contributed by atoms with Crippen LogP contribution in [0.1, 0.15) is 5.56 Å². The maximum absolute atomic E-state index is 12.2. The fourth-order valence-corrected chi connectivity index (χ4v) is 2.15. The first kappa shape index (κ1) is 18.4. The molecule has 2 aromatic carbocycles. The molecule has 0 aliphatic carbocycles. The number of alkyl halides is 3. The molecule has 0 unspecified atom stereocenters. The minimum absolute atomic E-state index is 0.0163. The third-order valence-corrected chi connectivity index (χ3v) is 3.20. The Labute approximate surface area is 142 Å². The first-order valence-corrected chi connectivity index (χ1v) is 7.17. The van der Waals surface area contributed by atoms with E-state index in [0.29, 0.717) is 17.1 Å². The van der Waals surface area contributed by atoms with E-state index in [-0.39, 0.29) is 12.1 Å². The van der Waals surface area contributed by atoms with Gasteiger partial charge in [0.2, 0.25) is 5.91 Å². The summed E-state index contributed by atoms with van der Waals surface area (Å²) >= 11 is 0. The summed E-state index contributed by atoms with van der Waals surface area (Å²) in [5.41, 5.74) is 0.808. The van der Waals surface area contributed by atoms with E-state index in [9.17, 15) is 18.0 Å². The molecule has 0 aromatic heterocycles. The maximum Gasteiger partial charge on any atom is 0.573 e. The molecule has 8 heteroatoms. The van der Waals surface area contributed by atoms with Gasteiger partial charge in [0, 0.05) is 23.4 Å². The van der Waals surface area contributed by atoms with E-state index in [1.165, 1.54) is 26.4 Å². The number of benzene rings is 2. The van der Waals surface area contributed by atoms with Crippen LogP contribution in [0.3, 0.4) is 0 Å². The zero-order valence-corrected chi connectivity index (χ0v) is 13.5. The highest BCUT2D eigenvalue weighted by Gasteiger charge is 2.31. The highest BCUT2D eigenvalue weighted by atomic mass is 19.4. The van der Waals surface area contributed by atoms with Crippen LogP contribution >= 0.6 is 0 Å². The van der Waals surface area contributed by atoms with E-state index >= 15 is 0 Å². The van der Waals surface area contributed by atoms with Crippen LogP contribution in [0.5, 0.6) is 17.2 Å². The predicted octanol–water partition coefficient (Wildman–Crippen LogP) is 3.78. The predicted molar refractivity (Wildman–Crippen MR) is 85.0 cm³/mol. The molecule has 0 radical (unpaired) electrons. The summed E-state index contributed by atoms with van der Waals surface area (Å²) in [4.78, 5) is 12.1. The van der Waals surface area contributed by atoms with E-state index in [0.717, 1.165) is 12.1 Å². The first-order valence-electron chi connectivity index (χ1n) is 7.17. The molecule has 1 amide bonds. The monoisotopic (exact) mass is 355 g/mol. The minimum Gasteiger partial charge on any atom is -0.497 e. The number of carbonyl (C=O) groups is 1. The van der Waals surface area contributed by atoms with E-state index in [4.69, 9.17) is 9.47 Å². The van der Waals surface area contributed by atoms with Gasteiger partial charge < -0.3 is 19.5 Å². The van der Waals surface area contributed by atoms with Gasteiger partial charge in [-0.15, -0.1) is 13.2 Å². The molecule has 1 N–H and O–H groups in total. The molecule has 0 spiro atoms. The normalized spacial score (nSPS) is 10.9. The van der Waals surface area contributed by atoms with Crippen molar-refractivity contribution in [3.63, 3.8) is 0 Å². The number of nitrogens with one attached hydrogen (secondary N) is 1. The Morgan fingerprint density at radius 3 is 2.44 bits per heavy atom. The molecular weight excluding hydrogens is 339 g/mol. The standard InChI is InChI=1S/C17H16F3NO4/c1-23-13-7-6-11(15(10-13)24-2)8-16(22)21-12-4-3-5-14(9-12)25-17(18,19)20/h3-7,9-10H,8H2,1-2H3,(H,21,22). The maximum atomic E-state index is 12.2. The number of halogens is 3. The van der Waals surface area contributed by atoms with Crippen LogP contribution in [0.25, 0.3) is 0 Å². The van der Waals surface area contributed by atoms with E-state index < -0.39 is 18.0 Å². The third kappa shape index (κ3) is 5.59. The Morgan fingerprint density at radius 2 is 1.80 bits per heavy atom. The van der Waals surface area contributed by atoms with Crippen molar-refractivity contribution in [1.29, 1.82) is 0 Å². The van der Waals surface area contributed by atoms with Gasteiger partial charge >= 0.3 is 6.36 Å². The van der Waals surface area contributed by atoms with Crippen molar-refractivity contribution in [2.24, 2.45) is 0 Å². The van der Waals surface area contributed by atoms with Crippen molar-refractivity contribution in [3.05, 3.63) is 48.0 Å². The van der Waals surface area contributed by atoms with Crippen LogP contribution < -0.4 is 19.5 Å². The summed E-state index contributed by atoms with van der Waals surface area (Å²) in [6.07, 6.45) is -4.81. The lowest BCUT2D eigenvalue weighted by molar-refractivity contribution is -0.274. The molecule has 0 aliphatic rings. The summed E-state index contributed by atoms with van der Waals surface area (Å²) in [7, 11) is 2.98. The zero-order chi connectivity index (χ0) is 18.4. The largest absolute Gasteiger partial charge is 0.573 e. The van der Waals surface area contributed by atoms with Crippen LogP contribution in [0.15, 0.2) is 42.5 Å². The van der Waals surface area contributed by atoms with Crippen molar-refractivity contribution in [1.82, 2.24) is 0 Å². The average molecular weight is 355 g/mol. The Balaban J connectivity index is 2.07. The lowest BCUT2D eigenvalue weighted by Gasteiger charge is -2.12. The molecule has 5 nitrogen and oxygen atoms in total. The molecule has 0 atom stereocenters. The lowest BCUT2D eigenvalue weighted by Crippen LogP contribution is -2.18. The van der Waals surface area contributed by atoms with Crippen LogP contribution in [0.4, 0.5) is 18.9 Å². The van der Waals surface area contributed by atoms with Gasteiger partial charge in [0.05, 0.1) is 20.6 Å². The number of hydrogen-bond donors (Lipinski definition) is 1. The van der Waals surface area contributed by atoms with Crippen molar-refractivity contribution >= 4 is 11.6 Å². The number of ether oxygens (including phenoxy) is 3. The highest BCUT2D eigenvalue weighted by molar-refractivity contribution is 5.92. The van der Waals surface area contributed by atoms with Crippen LogP contribution in [0.2, 0.25) is 0 Å². The molecule has 2 aromatic rings. The second kappa shape index (κ2) is 7.78. The zero-order valence-electron chi connectivity index (χ0n) is 13.5. The fraction of sp³-hybridized carbons (Fsp3) is 0.235. The number of rotatable bonds is 6. The van der Waals surface area contributed by atoms with Crippen molar-refractivity contribution in [2.45, 2.75) is 12.8 Å². The minimum atomic E-state index is -4.79. The summed E-state index contributed by atoms with van der Waals surface area (Å²) < 4.78 is 50.8. The second-order valence-corrected chi connectivity index (χ2v) is 4.98. The average Bonchev–Trinajstić information content (AvgIpc) is 2.53. The molecule has 0 aliphatic heterocycles. The van der Waals surface area contributed by atoms with E-state index in [1.54, 1.807) is 18.2 Å². The van der Waals surface area contributed by atoms with Crippen LogP contribution in [-0.4, -0.2) is 26.5 Å². The SMILES string of the molecule is COc1ccc(CC(=O)Nc2cccc(OC(F)(F)F)c2)c(OC)c1. The van der Waals surface area contributed by atoms with Crippen molar-refractivity contribution in [3.8, 4) is 17.2 Å². The van der Waals surface area contributed by atoms with Gasteiger partial charge in [0.25, 0.3) is 0 Å². The molecule has 2 rings (SSSR count). The van der Waals surface area contributed by atoms with Gasteiger partial charge in [-0.2, -0.15) is 0 Å². The van der Waals surface area contributed by atoms with Crippen molar-refractivity contribution in [2.75, 3.05) is 19.5 Å². The summed E-state index contributed by atoms with van der Waals surface area (Å²) in [6.45, 7) is 0. The molecule has 0 fully saturated rings. The van der Waals surface area contributed by atoms with Crippen molar-refractivity contribution < 1.29 is 32.2 Å². The Bertz CT molecular complexity index is 747.